The zero-order chi connectivity index (χ0) is 7.23. The molecule has 0 fully saturated rings. The number of nitrogens with one attached hydrogen (secondary N) is 1. The first-order chi connectivity index (χ1) is 4.93. The normalized spacial score (nSPS) is 10.5. The van der Waals surface area contributed by atoms with E-state index in [0.717, 1.165) is 6.54 Å². The van der Waals surface area contributed by atoms with Gasteiger partial charge in [-0.1, -0.05) is 30.3 Å². The van der Waals surface area contributed by atoms with Crippen molar-refractivity contribution in [2.24, 2.45) is 5.11 Å². The van der Waals surface area contributed by atoms with Crippen molar-refractivity contribution in [1.82, 2.24) is 0 Å². The monoisotopic (exact) mass is 135 g/mol. The quantitative estimate of drug-likeness (QED) is 0.566. The van der Waals surface area contributed by atoms with Gasteiger partial charge in [0.1, 0.15) is 6.54 Å². The van der Waals surface area contributed by atoms with E-state index >= 15 is 0 Å². The summed E-state index contributed by atoms with van der Waals surface area (Å²) < 4.78 is 0. The van der Waals surface area contributed by atoms with Crippen LogP contribution in [0.1, 0.15) is 5.56 Å². The van der Waals surface area contributed by atoms with Crippen molar-refractivity contribution in [3.05, 3.63) is 35.9 Å². The Labute approximate surface area is 60.6 Å². The van der Waals surface area contributed by atoms with Crippen LogP contribution in [0.25, 0.3) is 0 Å². The van der Waals surface area contributed by atoms with Crippen LogP contribution in [0, 0.1) is 0 Å². The SMILES string of the molecule is C[NH+]=NCc1ccccc1. The van der Waals surface area contributed by atoms with E-state index in [1.165, 1.54) is 5.56 Å². The Morgan fingerprint density at radius 3 is 2.60 bits per heavy atom. The van der Waals surface area contributed by atoms with Crippen LogP contribution in [-0.2, 0) is 6.54 Å². The Kier molecular flexibility index (Phi) is 2.62. The van der Waals surface area contributed by atoms with Crippen molar-refractivity contribution < 1.29 is 5.11 Å². The Bertz CT molecular complexity index is 204. The van der Waals surface area contributed by atoms with E-state index in [-0.39, 0.29) is 0 Å². The molecular formula is C8H11N2+. The average Bonchev–Trinajstić information content (AvgIpc) is 2.03. The highest BCUT2D eigenvalue weighted by atomic mass is 15.1. The van der Waals surface area contributed by atoms with Crippen molar-refractivity contribution in [2.45, 2.75) is 6.54 Å². The van der Waals surface area contributed by atoms with E-state index in [1.54, 1.807) is 0 Å². The molecule has 0 heterocycles. The maximum atomic E-state index is 3.99. The molecule has 0 aliphatic heterocycles. The molecule has 0 atom stereocenters. The molecule has 2 nitrogen and oxygen atoms in total. The minimum atomic E-state index is 0.747. The van der Waals surface area contributed by atoms with E-state index < -0.39 is 0 Å². The van der Waals surface area contributed by atoms with E-state index in [4.69, 9.17) is 0 Å². The van der Waals surface area contributed by atoms with Gasteiger partial charge in [0, 0.05) is 0 Å². The van der Waals surface area contributed by atoms with E-state index in [0.29, 0.717) is 0 Å². The molecular weight excluding hydrogens is 124 g/mol. The Balaban J connectivity index is 2.59. The van der Waals surface area contributed by atoms with Crippen LogP contribution < -0.4 is 5.11 Å². The van der Waals surface area contributed by atoms with Gasteiger partial charge in [-0.15, -0.1) is 5.11 Å². The molecule has 10 heavy (non-hydrogen) atoms. The maximum Gasteiger partial charge on any atom is 0.155 e. The Hall–Kier alpha value is -1.18. The van der Waals surface area contributed by atoms with Crippen molar-refractivity contribution in [2.75, 3.05) is 7.05 Å². The standard InChI is InChI=1S/C8H10N2/c1-9-10-7-8-5-3-2-4-6-8/h2-6H,7H2,1H3/p+1. The van der Waals surface area contributed by atoms with E-state index in [9.17, 15) is 0 Å². The summed E-state index contributed by atoms with van der Waals surface area (Å²) in [7, 11) is 1.81. The third-order valence-corrected chi connectivity index (χ3v) is 1.26. The second-order valence-corrected chi connectivity index (χ2v) is 2.03. The summed E-state index contributed by atoms with van der Waals surface area (Å²) in [5, 5.41) is 6.73. The predicted octanol–water partition coefficient (Wildman–Crippen LogP) is 0.349. The third kappa shape index (κ3) is 1.97. The van der Waals surface area contributed by atoms with Gasteiger partial charge in [-0.25, -0.2) is 0 Å². The molecule has 1 aromatic carbocycles. The molecule has 52 valence electrons. The summed E-state index contributed by atoms with van der Waals surface area (Å²) in [6, 6.07) is 10.1. The smallest absolute Gasteiger partial charge is 0.145 e. The van der Waals surface area contributed by atoms with Gasteiger partial charge < -0.3 is 0 Å². The van der Waals surface area contributed by atoms with Crippen LogP contribution in [0.5, 0.6) is 0 Å². The fourth-order valence-electron chi connectivity index (χ4n) is 0.754. The molecule has 2 heteroatoms. The predicted molar refractivity (Wildman–Crippen MR) is 39.5 cm³/mol. The lowest BCUT2D eigenvalue weighted by atomic mass is 10.2. The summed E-state index contributed by atoms with van der Waals surface area (Å²) in [6.45, 7) is 0.747. The largest absolute Gasteiger partial charge is 0.155 e. The summed E-state index contributed by atoms with van der Waals surface area (Å²) in [5.74, 6) is 0. The zero-order valence-electron chi connectivity index (χ0n) is 6.04. The summed E-state index contributed by atoms with van der Waals surface area (Å²) in [6.07, 6.45) is 0. The molecule has 0 spiro atoms. The average molecular weight is 135 g/mol. The number of nitrogens with zero attached hydrogens (tertiary/aromatic N) is 1. The van der Waals surface area contributed by atoms with Crippen molar-refractivity contribution in [1.29, 1.82) is 0 Å². The number of benzene rings is 1. The minimum Gasteiger partial charge on any atom is -0.145 e. The van der Waals surface area contributed by atoms with Gasteiger partial charge in [0.05, 0.1) is 0 Å². The molecule has 0 saturated carbocycles. The topological polar surface area (TPSA) is 26.3 Å². The number of hydrogen-bond donors (Lipinski definition) is 1. The fourth-order valence-corrected chi connectivity index (χ4v) is 0.754. The maximum absolute atomic E-state index is 3.99. The molecule has 0 unspecified atom stereocenters. The molecule has 0 amide bonds. The molecule has 0 aromatic heterocycles. The molecule has 1 aromatic rings. The first-order valence-electron chi connectivity index (χ1n) is 3.30. The molecule has 0 aliphatic carbocycles. The zero-order valence-corrected chi connectivity index (χ0v) is 6.04. The summed E-state index contributed by atoms with van der Waals surface area (Å²) >= 11 is 0. The lowest BCUT2D eigenvalue weighted by Crippen LogP contribution is -2.59. The van der Waals surface area contributed by atoms with Crippen molar-refractivity contribution >= 4 is 0 Å². The third-order valence-electron chi connectivity index (χ3n) is 1.26. The highest BCUT2D eigenvalue weighted by molar-refractivity contribution is 5.13. The van der Waals surface area contributed by atoms with Crippen molar-refractivity contribution in [3.63, 3.8) is 0 Å². The summed E-state index contributed by atoms with van der Waals surface area (Å²) in [4.78, 5) is 0. The highest BCUT2D eigenvalue weighted by Crippen LogP contribution is 1.97. The van der Waals surface area contributed by atoms with Gasteiger partial charge in [0.15, 0.2) is 7.05 Å². The van der Waals surface area contributed by atoms with Crippen LogP contribution in [0.2, 0.25) is 0 Å². The van der Waals surface area contributed by atoms with Crippen LogP contribution in [-0.4, -0.2) is 7.05 Å². The Morgan fingerprint density at radius 2 is 2.00 bits per heavy atom. The molecule has 1 N–H and O–H groups in total. The number of hydrogen-bond acceptors (Lipinski definition) is 1. The molecule has 0 saturated heterocycles. The fraction of sp³-hybridized carbons (Fsp3) is 0.250. The molecule has 0 radical (unpaired) electrons. The highest BCUT2D eigenvalue weighted by Gasteiger charge is 1.87. The van der Waals surface area contributed by atoms with Gasteiger partial charge >= 0.3 is 0 Å². The van der Waals surface area contributed by atoms with Gasteiger partial charge in [-0.05, 0) is 10.7 Å². The lowest BCUT2D eigenvalue weighted by Gasteiger charge is -1.88. The number of azo groups is 1. The van der Waals surface area contributed by atoms with E-state index in [1.807, 2.05) is 25.2 Å². The molecule has 0 bridgehead atoms. The number of rotatable bonds is 2. The van der Waals surface area contributed by atoms with Crippen LogP contribution in [0.4, 0.5) is 0 Å². The van der Waals surface area contributed by atoms with Gasteiger partial charge in [-0.3, -0.25) is 0 Å². The minimum absolute atomic E-state index is 0.747. The lowest BCUT2D eigenvalue weighted by molar-refractivity contribution is -0.502. The van der Waals surface area contributed by atoms with Gasteiger partial charge in [0.25, 0.3) is 0 Å². The first kappa shape index (κ1) is 6.93. The van der Waals surface area contributed by atoms with Gasteiger partial charge in [0.2, 0.25) is 0 Å². The summed E-state index contributed by atoms with van der Waals surface area (Å²) in [5.41, 5.74) is 1.23. The molecule has 1 rings (SSSR count). The second-order valence-electron chi connectivity index (χ2n) is 2.03. The van der Waals surface area contributed by atoms with Crippen LogP contribution in [0.15, 0.2) is 35.4 Å². The van der Waals surface area contributed by atoms with Gasteiger partial charge in [-0.2, -0.15) is 0 Å². The molecule has 0 aliphatic rings. The Morgan fingerprint density at radius 1 is 1.30 bits per heavy atom. The first-order valence-corrected chi connectivity index (χ1v) is 3.30. The second kappa shape index (κ2) is 3.77. The van der Waals surface area contributed by atoms with Crippen molar-refractivity contribution in [3.8, 4) is 0 Å². The van der Waals surface area contributed by atoms with E-state index in [2.05, 4.69) is 22.4 Å². The van der Waals surface area contributed by atoms with Crippen LogP contribution >= 0.6 is 0 Å². The van der Waals surface area contributed by atoms with Crippen LogP contribution in [0.3, 0.4) is 0 Å².